The fourth-order valence-corrected chi connectivity index (χ4v) is 4.67. The van der Waals surface area contributed by atoms with Gasteiger partial charge in [-0.2, -0.15) is 9.40 Å². The molecule has 0 atom stereocenters. The van der Waals surface area contributed by atoms with E-state index in [1.54, 1.807) is 17.8 Å². The van der Waals surface area contributed by atoms with Gasteiger partial charge in [0, 0.05) is 32.1 Å². The molecule has 1 amide bonds. The number of sulfonamides is 1. The summed E-state index contributed by atoms with van der Waals surface area (Å²) in [4.78, 5) is 11.7. The predicted octanol–water partition coefficient (Wildman–Crippen LogP) is 2.05. The van der Waals surface area contributed by atoms with Crippen molar-refractivity contribution in [2.75, 3.05) is 18.4 Å². The van der Waals surface area contributed by atoms with Crippen LogP contribution in [0.2, 0.25) is 0 Å². The Morgan fingerprint density at radius 2 is 1.89 bits per heavy atom. The Bertz CT molecular complexity index is 967. The van der Waals surface area contributed by atoms with E-state index < -0.39 is 26.6 Å². The highest BCUT2D eigenvalue weighted by Crippen LogP contribution is 2.26. The van der Waals surface area contributed by atoms with E-state index in [1.807, 2.05) is 6.92 Å². The number of carbonyl (C=O) groups excluding carboxylic acids is 1. The standard InChI is InChI=1S/C17H20F2N4O3S/c1-11-9-16(22(2)21-11)20-17(24)12-5-7-23(8-6-12)27(25,26)15-10-13(18)3-4-14(15)19/h3-4,9-10,12H,5-8H2,1-2H3,(H,20,24). The third-order valence-corrected chi connectivity index (χ3v) is 6.50. The van der Waals surface area contributed by atoms with Gasteiger partial charge >= 0.3 is 0 Å². The number of amides is 1. The van der Waals surface area contributed by atoms with Gasteiger partial charge in [-0.25, -0.2) is 17.2 Å². The Hall–Kier alpha value is -2.33. The second-order valence-corrected chi connectivity index (χ2v) is 8.44. The van der Waals surface area contributed by atoms with Gasteiger partial charge in [-0.15, -0.1) is 0 Å². The lowest BCUT2D eigenvalue weighted by molar-refractivity contribution is -0.121. The molecule has 1 aliphatic rings. The van der Waals surface area contributed by atoms with E-state index in [-0.39, 0.29) is 24.9 Å². The van der Waals surface area contributed by atoms with E-state index in [4.69, 9.17) is 0 Å². The SMILES string of the molecule is Cc1cc(NC(=O)C2CCN(S(=O)(=O)c3cc(F)ccc3F)CC2)n(C)n1. The molecule has 0 aliphatic carbocycles. The number of carbonyl (C=O) groups is 1. The predicted molar refractivity (Wildman–Crippen MR) is 94.4 cm³/mol. The highest BCUT2D eigenvalue weighted by molar-refractivity contribution is 7.89. The van der Waals surface area contributed by atoms with Crippen LogP contribution in [0.4, 0.5) is 14.6 Å². The van der Waals surface area contributed by atoms with Crippen LogP contribution in [0.1, 0.15) is 18.5 Å². The molecule has 2 heterocycles. The normalized spacial score (nSPS) is 16.4. The first kappa shape index (κ1) is 19.4. The fraction of sp³-hybridized carbons (Fsp3) is 0.412. The molecule has 0 unspecified atom stereocenters. The summed E-state index contributed by atoms with van der Waals surface area (Å²) in [5.74, 6) is -1.84. The highest BCUT2D eigenvalue weighted by Gasteiger charge is 2.34. The van der Waals surface area contributed by atoms with Crippen molar-refractivity contribution in [3.05, 3.63) is 41.6 Å². The molecule has 0 radical (unpaired) electrons. The van der Waals surface area contributed by atoms with Gasteiger partial charge in [-0.05, 0) is 38.0 Å². The number of nitrogens with zero attached hydrogens (tertiary/aromatic N) is 3. The maximum absolute atomic E-state index is 13.9. The number of aryl methyl sites for hydroxylation is 2. The summed E-state index contributed by atoms with van der Waals surface area (Å²) in [5, 5.41) is 6.94. The van der Waals surface area contributed by atoms with Gasteiger partial charge in [0.05, 0.1) is 5.69 Å². The zero-order valence-electron chi connectivity index (χ0n) is 14.9. The van der Waals surface area contributed by atoms with Crippen LogP contribution in [0.25, 0.3) is 0 Å². The number of hydrogen-bond acceptors (Lipinski definition) is 4. The quantitative estimate of drug-likeness (QED) is 0.854. The van der Waals surface area contributed by atoms with E-state index >= 15 is 0 Å². The second kappa shape index (κ2) is 7.35. The summed E-state index contributed by atoms with van der Waals surface area (Å²) in [6.07, 6.45) is 0.581. The van der Waals surface area contributed by atoms with E-state index in [2.05, 4.69) is 10.4 Å². The van der Waals surface area contributed by atoms with Gasteiger partial charge in [0.1, 0.15) is 22.3 Å². The number of benzene rings is 1. The Morgan fingerprint density at radius 3 is 2.48 bits per heavy atom. The van der Waals surface area contributed by atoms with Crippen molar-refractivity contribution in [3.63, 3.8) is 0 Å². The summed E-state index contributed by atoms with van der Waals surface area (Å²) in [6.45, 7) is 1.92. The summed E-state index contributed by atoms with van der Waals surface area (Å²) >= 11 is 0. The maximum Gasteiger partial charge on any atom is 0.246 e. The van der Waals surface area contributed by atoms with Crippen molar-refractivity contribution >= 4 is 21.7 Å². The van der Waals surface area contributed by atoms with Crippen molar-refractivity contribution in [3.8, 4) is 0 Å². The number of nitrogens with one attached hydrogen (secondary N) is 1. The molecule has 1 aromatic heterocycles. The number of anilines is 1. The van der Waals surface area contributed by atoms with Crippen LogP contribution in [0.15, 0.2) is 29.2 Å². The largest absolute Gasteiger partial charge is 0.311 e. The average molecular weight is 398 g/mol. The fourth-order valence-electron chi connectivity index (χ4n) is 3.13. The van der Waals surface area contributed by atoms with Crippen LogP contribution in [-0.2, 0) is 21.9 Å². The zero-order chi connectivity index (χ0) is 19.8. The first-order valence-electron chi connectivity index (χ1n) is 8.45. The average Bonchev–Trinajstić information content (AvgIpc) is 2.94. The van der Waals surface area contributed by atoms with Gasteiger partial charge in [0.25, 0.3) is 0 Å². The molecule has 1 aromatic carbocycles. The maximum atomic E-state index is 13.9. The molecule has 0 spiro atoms. The van der Waals surface area contributed by atoms with Crippen LogP contribution in [0.5, 0.6) is 0 Å². The molecule has 2 aromatic rings. The van der Waals surface area contributed by atoms with Crippen LogP contribution >= 0.6 is 0 Å². The Labute approximate surface area is 156 Å². The third-order valence-electron chi connectivity index (χ3n) is 4.59. The minimum Gasteiger partial charge on any atom is -0.311 e. The molecule has 7 nitrogen and oxygen atoms in total. The smallest absolute Gasteiger partial charge is 0.246 e. The van der Waals surface area contributed by atoms with Gasteiger partial charge in [-0.3, -0.25) is 9.48 Å². The molecule has 1 fully saturated rings. The molecule has 0 bridgehead atoms. The van der Waals surface area contributed by atoms with E-state index in [9.17, 15) is 22.0 Å². The van der Waals surface area contributed by atoms with Gasteiger partial charge in [0.2, 0.25) is 15.9 Å². The number of hydrogen-bond donors (Lipinski definition) is 1. The molecular formula is C17H20F2N4O3S. The minimum atomic E-state index is -4.15. The molecule has 146 valence electrons. The van der Waals surface area contributed by atoms with Crippen molar-refractivity contribution in [2.24, 2.45) is 13.0 Å². The van der Waals surface area contributed by atoms with E-state index in [0.29, 0.717) is 24.7 Å². The summed E-state index contributed by atoms with van der Waals surface area (Å²) in [6, 6.07) is 4.07. The van der Waals surface area contributed by atoms with E-state index in [0.717, 1.165) is 22.1 Å². The van der Waals surface area contributed by atoms with Crippen molar-refractivity contribution in [2.45, 2.75) is 24.7 Å². The Kier molecular flexibility index (Phi) is 5.29. The number of halogens is 2. The lowest BCUT2D eigenvalue weighted by atomic mass is 9.97. The second-order valence-electron chi connectivity index (χ2n) is 6.54. The minimum absolute atomic E-state index is 0.0563. The topological polar surface area (TPSA) is 84.3 Å². The number of piperidine rings is 1. The van der Waals surface area contributed by atoms with Gasteiger partial charge < -0.3 is 5.32 Å². The zero-order valence-corrected chi connectivity index (χ0v) is 15.8. The van der Waals surface area contributed by atoms with Crippen molar-refractivity contribution in [1.29, 1.82) is 0 Å². The number of aromatic nitrogens is 2. The Balaban J connectivity index is 1.67. The first-order valence-corrected chi connectivity index (χ1v) is 9.89. The monoisotopic (exact) mass is 398 g/mol. The van der Waals surface area contributed by atoms with Crippen molar-refractivity contribution in [1.82, 2.24) is 14.1 Å². The van der Waals surface area contributed by atoms with E-state index in [1.165, 1.54) is 0 Å². The van der Waals surface area contributed by atoms with Crippen molar-refractivity contribution < 1.29 is 22.0 Å². The number of rotatable bonds is 4. The highest BCUT2D eigenvalue weighted by atomic mass is 32.2. The molecule has 27 heavy (non-hydrogen) atoms. The lowest BCUT2D eigenvalue weighted by Gasteiger charge is -2.30. The molecule has 1 N–H and O–H groups in total. The van der Waals surface area contributed by atoms with Crippen LogP contribution in [-0.4, -0.2) is 41.5 Å². The molecule has 3 rings (SSSR count). The third kappa shape index (κ3) is 4.01. The summed E-state index contributed by atoms with van der Waals surface area (Å²) in [5.41, 5.74) is 0.769. The van der Waals surface area contributed by atoms with Gasteiger partial charge in [0.15, 0.2) is 0 Å². The van der Waals surface area contributed by atoms with Gasteiger partial charge in [-0.1, -0.05) is 0 Å². The molecular weight excluding hydrogens is 378 g/mol. The molecule has 10 heteroatoms. The van der Waals surface area contributed by atoms with Crippen LogP contribution < -0.4 is 5.32 Å². The Morgan fingerprint density at radius 1 is 1.22 bits per heavy atom. The summed E-state index contributed by atoms with van der Waals surface area (Å²) in [7, 11) is -2.44. The first-order chi connectivity index (χ1) is 12.7. The molecule has 1 aliphatic heterocycles. The lowest BCUT2D eigenvalue weighted by Crippen LogP contribution is -2.41. The van der Waals surface area contributed by atoms with Crippen LogP contribution in [0, 0.1) is 24.5 Å². The molecule has 0 saturated carbocycles. The summed E-state index contributed by atoms with van der Waals surface area (Å²) < 4.78 is 55.0. The molecule has 1 saturated heterocycles. The van der Waals surface area contributed by atoms with Crippen LogP contribution in [0.3, 0.4) is 0 Å².